The van der Waals surface area contributed by atoms with Crippen LogP contribution >= 0.6 is 0 Å². The molecule has 0 spiro atoms. The normalized spacial score (nSPS) is 11.2. The van der Waals surface area contributed by atoms with E-state index in [2.05, 4.69) is 4.74 Å². The number of rotatable bonds is 3. The SMILES string of the molecule is Cn1c(=O)n(CC(=O)Oc2c(F)c(F)c(F)c(F)c2F)c2ccccc21. The lowest BCUT2D eigenvalue weighted by Gasteiger charge is -2.09. The van der Waals surface area contributed by atoms with Gasteiger partial charge in [0, 0.05) is 7.05 Å². The van der Waals surface area contributed by atoms with E-state index in [-0.39, 0.29) is 0 Å². The number of halogens is 5. The molecule has 2 aromatic carbocycles. The van der Waals surface area contributed by atoms with Crippen molar-refractivity contribution in [1.82, 2.24) is 9.13 Å². The first-order valence-electron chi connectivity index (χ1n) is 7.10. The van der Waals surface area contributed by atoms with Gasteiger partial charge in [0.25, 0.3) is 0 Å². The zero-order valence-electron chi connectivity index (χ0n) is 13.0. The molecular formula is C16H9F5N2O3. The molecule has 0 N–H and O–H groups in total. The molecule has 0 amide bonds. The van der Waals surface area contributed by atoms with Gasteiger partial charge in [-0.3, -0.25) is 9.13 Å². The zero-order chi connectivity index (χ0) is 19.2. The predicted octanol–water partition coefficient (Wildman–Crippen LogP) is 2.64. The highest BCUT2D eigenvalue weighted by molar-refractivity contribution is 5.79. The Morgan fingerprint density at radius 3 is 2.00 bits per heavy atom. The van der Waals surface area contributed by atoms with Gasteiger partial charge in [0.1, 0.15) is 6.54 Å². The fraction of sp³-hybridized carbons (Fsp3) is 0.125. The average Bonchev–Trinajstić information content (AvgIpc) is 2.87. The summed E-state index contributed by atoms with van der Waals surface area (Å²) in [6, 6.07) is 6.36. The number of carbonyl (C=O) groups is 1. The van der Waals surface area contributed by atoms with Gasteiger partial charge in [-0.15, -0.1) is 0 Å². The lowest BCUT2D eigenvalue weighted by molar-refractivity contribution is -0.135. The number of aromatic nitrogens is 2. The highest BCUT2D eigenvalue weighted by Crippen LogP contribution is 2.29. The summed E-state index contributed by atoms with van der Waals surface area (Å²) >= 11 is 0. The molecule has 1 heterocycles. The standard InChI is InChI=1S/C16H9F5N2O3/c1-22-7-4-2-3-5-8(7)23(16(22)25)6-9(24)26-15-13(20)11(18)10(17)12(19)14(15)21/h2-5H,6H2,1H3. The number of hydrogen-bond donors (Lipinski definition) is 0. The maximum Gasteiger partial charge on any atom is 0.331 e. The van der Waals surface area contributed by atoms with Crippen LogP contribution in [0, 0.1) is 29.1 Å². The van der Waals surface area contributed by atoms with Gasteiger partial charge in [-0.25, -0.2) is 22.8 Å². The molecule has 0 bridgehead atoms. The van der Waals surface area contributed by atoms with Gasteiger partial charge in [-0.2, -0.15) is 8.78 Å². The Labute approximate surface area is 141 Å². The molecule has 136 valence electrons. The number of benzene rings is 2. The molecule has 3 aromatic rings. The van der Waals surface area contributed by atoms with Gasteiger partial charge in [0.2, 0.25) is 34.8 Å². The molecule has 0 aliphatic rings. The van der Waals surface area contributed by atoms with Crippen LogP contribution in [0.5, 0.6) is 5.75 Å². The third-order valence-electron chi connectivity index (χ3n) is 3.72. The summed E-state index contributed by atoms with van der Waals surface area (Å²) in [5, 5.41) is 0. The van der Waals surface area contributed by atoms with Crippen molar-refractivity contribution >= 4 is 17.0 Å². The topological polar surface area (TPSA) is 53.2 Å². The van der Waals surface area contributed by atoms with Gasteiger partial charge < -0.3 is 4.74 Å². The molecule has 0 radical (unpaired) electrons. The molecule has 0 unspecified atom stereocenters. The smallest absolute Gasteiger partial charge is 0.331 e. The van der Waals surface area contributed by atoms with Crippen LogP contribution in [0.3, 0.4) is 0 Å². The van der Waals surface area contributed by atoms with Crippen LogP contribution in [0.1, 0.15) is 0 Å². The highest BCUT2D eigenvalue weighted by atomic mass is 19.2. The van der Waals surface area contributed by atoms with Crippen molar-refractivity contribution in [3.8, 4) is 5.75 Å². The van der Waals surface area contributed by atoms with Crippen LogP contribution in [-0.2, 0) is 18.4 Å². The third-order valence-corrected chi connectivity index (χ3v) is 3.72. The number of ether oxygens (including phenoxy) is 1. The second-order valence-corrected chi connectivity index (χ2v) is 5.29. The summed E-state index contributed by atoms with van der Waals surface area (Å²) in [6.07, 6.45) is 0. The maximum atomic E-state index is 13.6. The molecule has 0 saturated heterocycles. The molecule has 0 saturated carbocycles. The van der Waals surface area contributed by atoms with Crippen molar-refractivity contribution < 1.29 is 31.5 Å². The van der Waals surface area contributed by atoms with Crippen LogP contribution in [-0.4, -0.2) is 15.1 Å². The number of nitrogens with zero attached hydrogens (tertiary/aromatic N) is 2. The summed E-state index contributed by atoms with van der Waals surface area (Å²) in [6.45, 7) is -0.792. The molecule has 5 nitrogen and oxygen atoms in total. The largest absolute Gasteiger partial charge is 0.419 e. The Bertz CT molecular complexity index is 1070. The Kier molecular flexibility index (Phi) is 4.26. The zero-order valence-corrected chi connectivity index (χ0v) is 13.0. The van der Waals surface area contributed by atoms with E-state index in [9.17, 15) is 31.5 Å². The van der Waals surface area contributed by atoms with Gasteiger partial charge >= 0.3 is 11.7 Å². The molecule has 0 atom stereocenters. The average molecular weight is 372 g/mol. The van der Waals surface area contributed by atoms with Gasteiger partial charge in [0.15, 0.2) is 0 Å². The number of para-hydroxylation sites is 2. The number of carbonyl (C=O) groups excluding carboxylic acids is 1. The Balaban J connectivity index is 1.97. The summed E-state index contributed by atoms with van der Waals surface area (Å²) in [7, 11) is 1.44. The molecular weight excluding hydrogens is 363 g/mol. The summed E-state index contributed by atoms with van der Waals surface area (Å²) in [5.41, 5.74) is 0.177. The molecule has 3 rings (SSSR count). The Morgan fingerprint density at radius 1 is 0.923 bits per heavy atom. The molecule has 0 aliphatic heterocycles. The minimum Gasteiger partial charge on any atom is -0.419 e. The van der Waals surface area contributed by atoms with Gasteiger partial charge in [0.05, 0.1) is 11.0 Å². The second kappa shape index (κ2) is 6.28. The fourth-order valence-electron chi connectivity index (χ4n) is 2.47. The van der Waals surface area contributed by atoms with Gasteiger partial charge in [-0.1, -0.05) is 12.1 Å². The van der Waals surface area contributed by atoms with Crippen LogP contribution in [0.4, 0.5) is 22.0 Å². The molecule has 0 fully saturated rings. The highest BCUT2D eigenvalue weighted by Gasteiger charge is 2.29. The fourth-order valence-corrected chi connectivity index (χ4v) is 2.47. The lowest BCUT2D eigenvalue weighted by Crippen LogP contribution is -2.28. The number of aryl methyl sites for hydroxylation is 1. The number of hydrogen-bond acceptors (Lipinski definition) is 3. The lowest BCUT2D eigenvalue weighted by atomic mass is 10.2. The van der Waals surface area contributed by atoms with Crippen molar-refractivity contribution in [3.63, 3.8) is 0 Å². The minimum atomic E-state index is -2.37. The van der Waals surface area contributed by atoms with E-state index in [1.165, 1.54) is 17.7 Å². The van der Waals surface area contributed by atoms with E-state index in [0.717, 1.165) is 4.57 Å². The monoisotopic (exact) mass is 372 g/mol. The van der Waals surface area contributed by atoms with Crippen LogP contribution in [0.2, 0.25) is 0 Å². The van der Waals surface area contributed by atoms with E-state index in [0.29, 0.717) is 11.0 Å². The predicted molar refractivity (Wildman–Crippen MR) is 79.0 cm³/mol. The third kappa shape index (κ3) is 2.63. The van der Waals surface area contributed by atoms with Crippen molar-refractivity contribution in [2.24, 2.45) is 7.05 Å². The summed E-state index contributed by atoms with van der Waals surface area (Å²) < 4.78 is 72.9. The maximum absolute atomic E-state index is 13.6. The van der Waals surface area contributed by atoms with Crippen LogP contribution < -0.4 is 10.4 Å². The van der Waals surface area contributed by atoms with Crippen molar-refractivity contribution in [3.05, 3.63) is 63.8 Å². The van der Waals surface area contributed by atoms with E-state index >= 15 is 0 Å². The first-order valence-corrected chi connectivity index (χ1v) is 7.10. The summed E-state index contributed by atoms with van der Waals surface area (Å²) in [4.78, 5) is 24.1. The first-order chi connectivity index (χ1) is 12.2. The van der Waals surface area contributed by atoms with Crippen LogP contribution in [0.25, 0.3) is 11.0 Å². The quantitative estimate of drug-likeness (QED) is 0.234. The van der Waals surface area contributed by atoms with Crippen LogP contribution in [0.15, 0.2) is 29.1 Å². The second-order valence-electron chi connectivity index (χ2n) is 5.29. The molecule has 0 aliphatic carbocycles. The summed E-state index contributed by atoms with van der Waals surface area (Å²) in [5.74, 6) is -14.5. The molecule has 10 heteroatoms. The first kappa shape index (κ1) is 17.6. The van der Waals surface area contributed by atoms with E-state index < -0.39 is 53.0 Å². The van der Waals surface area contributed by atoms with Crippen molar-refractivity contribution in [1.29, 1.82) is 0 Å². The van der Waals surface area contributed by atoms with E-state index in [1.54, 1.807) is 18.2 Å². The van der Waals surface area contributed by atoms with Crippen molar-refractivity contribution in [2.45, 2.75) is 6.54 Å². The molecule has 26 heavy (non-hydrogen) atoms. The van der Waals surface area contributed by atoms with Crippen molar-refractivity contribution in [2.75, 3.05) is 0 Å². The van der Waals surface area contributed by atoms with Gasteiger partial charge in [-0.05, 0) is 12.1 Å². The number of imidazole rings is 1. The van der Waals surface area contributed by atoms with E-state index in [1.807, 2.05) is 0 Å². The minimum absolute atomic E-state index is 0.328. The van der Waals surface area contributed by atoms with E-state index in [4.69, 9.17) is 0 Å². The number of esters is 1. The number of fused-ring (bicyclic) bond motifs is 1. The molecule has 1 aromatic heterocycles. The Morgan fingerprint density at radius 2 is 1.42 bits per heavy atom. The Hall–Kier alpha value is -3.17.